The number of nitrogens with one attached hydrogen (secondary N) is 1. The number of rotatable bonds is 2. The summed E-state index contributed by atoms with van der Waals surface area (Å²) >= 11 is 0. The van der Waals surface area contributed by atoms with Gasteiger partial charge in [0, 0.05) is 11.6 Å². The van der Waals surface area contributed by atoms with Crippen molar-refractivity contribution in [3.63, 3.8) is 0 Å². The van der Waals surface area contributed by atoms with Crippen LogP contribution in [-0.2, 0) is 4.79 Å². The van der Waals surface area contributed by atoms with E-state index in [-0.39, 0.29) is 11.8 Å². The molecule has 0 spiro atoms. The summed E-state index contributed by atoms with van der Waals surface area (Å²) in [6, 6.07) is 7.27. The van der Waals surface area contributed by atoms with E-state index in [1.54, 1.807) is 18.2 Å². The Morgan fingerprint density at radius 3 is 2.60 bits per heavy atom. The van der Waals surface area contributed by atoms with Crippen molar-refractivity contribution in [2.45, 2.75) is 20.8 Å². The normalized spacial score (nSPS) is 9.80. The second-order valence-electron chi connectivity index (χ2n) is 3.79. The van der Waals surface area contributed by atoms with Crippen LogP contribution in [0.4, 0.5) is 5.69 Å². The Hall–Kier alpha value is -1.82. The third kappa shape index (κ3) is 2.81. The summed E-state index contributed by atoms with van der Waals surface area (Å²) in [5.41, 5.74) is 2.28. The molecule has 0 saturated heterocycles. The maximum absolute atomic E-state index is 11.4. The highest BCUT2D eigenvalue weighted by atomic mass is 16.1. The number of nitriles is 1. The summed E-state index contributed by atoms with van der Waals surface area (Å²) in [7, 11) is 0. The number of benzene rings is 1. The molecule has 0 heterocycles. The molecule has 0 saturated carbocycles. The molecule has 78 valence electrons. The first kappa shape index (κ1) is 11.3. The molecule has 1 aromatic carbocycles. The molecule has 1 aromatic rings. The van der Waals surface area contributed by atoms with Crippen LogP contribution in [0.1, 0.15) is 25.0 Å². The van der Waals surface area contributed by atoms with Crippen molar-refractivity contribution in [2.24, 2.45) is 5.92 Å². The average molecular weight is 202 g/mol. The molecule has 0 aromatic heterocycles. The van der Waals surface area contributed by atoms with E-state index in [2.05, 4.69) is 11.4 Å². The number of carbonyl (C=O) groups is 1. The first-order valence-corrected chi connectivity index (χ1v) is 4.86. The molecule has 0 aliphatic rings. The number of carbonyl (C=O) groups excluding carboxylic acids is 1. The van der Waals surface area contributed by atoms with Crippen molar-refractivity contribution < 1.29 is 4.79 Å². The molecule has 1 rings (SSSR count). The lowest BCUT2D eigenvalue weighted by Crippen LogP contribution is -2.18. The van der Waals surface area contributed by atoms with E-state index in [4.69, 9.17) is 5.26 Å². The molecule has 0 aliphatic heterocycles. The average Bonchev–Trinajstić information content (AvgIpc) is 2.20. The third-order valence-corrected chi connectivity index (χ3v) is 2.14. The van der Waals surface area contributed by atoms with Crippen LogP contribution in [0.3, 0.4) is 0 Å². The van der Waals surface area contributed by atoms with Gasteiger partial charge >= 0.3 is 0 Å². The molecule has 3 heteroatoms. The Kier molecular flexibility index (Phi) is 3.46. The van der Waals surface area contributed by atoms with Gasteiger partial charge in [-0.25, -0.2) is 0 Å². The Balaban J connectivity index is 2.89. The van der Waals surface area contributed by atoms with Crippen molar-refractivity contribution in [1.29, 1.82) is 5.26 Å². The van der Waals surface area contributed by atoms with Crippen LogP contribution >= 0.6 is 0 Å². The minimum atomic E-state index is -0.0416. The third-order valence-electron chi connectivity index (χ3n) is 2.14. The molecule has 0 atom stereocenters. The van der Waals surface area contributed by atoms with E-state index in [1.807, 2.05) is 20.8 Å². The molecule has 1 amide bonds. The van der Waals surface area contributed by atoms with E-state index in [0.29, 0.717) is 5.56 Å². The number of aryl methyl sites for hydroxylation is 1. The summed E-state index contributed by atoms with van der Waals surface area (Å²) in [6.07, 6.45) is 0. The number of nitrogens with zero attached hydrogens (tertiary/aromatic N) is 1. The van der Waals surface area contributed by atoms with Gasteiger partial charge in [-0.3, -0.25) is 4.79 Å². The molecule has 15 heavy (non-hydrogen) atoms. The summed E-state index contributed by atoms with van der Waals surface area (Å²) in [5.74, 6) is -0.0529. The van der Waals surface area contributed by atoms with Gasteiger partial charge in [0.25, 0.3) is 0 Å². The van der Waals surface area contributed by atoms with Gasteiger partial charge in [-0.2, -0.15) is 5.26 Å². The molecule has 0 fully saturated rings. The minimum Gasteiger partial charge on any atom is -0.326 e. The smallest absolute Gasteiger partial charge is 0.226 e. The monoisotopic (exact) mass is 202 g/mol. The van der Waals surface area contributed by atoms with Crippen LogP contribution in [0.15, 0.2) is 18.2 Å². The van der Waals surface area contributed by atoms with E-state index in [1.165, 1.54) is 0 Å². The SMILES string of the molecule is Cc1cc(C#N)ccc1NC(=O)C(C)C. The van der Waals surface area contributed by atoms with Crippen molar-refractivity contribution in [1.82, 2.24) is 0 Å². The van der Waals surface area contributed by atoms with Crippen LogP contribution in [0.2, 0.25) is 0 Å². The highest BCUT2D eigenvalue weighted by Crippen LogP contribution is 2.16. The lowest BCUT2D eigenvalue weighted by molar-refractivity contribution is -0.118. The summed E-state index contributed by atoms with van der Waals surface area (Å²) in [6.45, 7) is 5.55. The van der Waals surface area contributed by atoms with E-state index in [9.17, 15) is 4.79 Å². The van der Waals surface area contributed by atoms with Crippen LogP contribution in [-0.4, -0.2) is 5.91 Å². The largest absolute Gasteiger partial charge is 0.326 e. The van der Waals surface area contributed by atoms with Crippen LogP contribution in [0.5, 0.6) is 0 Å². The van der Waals surface area contributed by atoms with E-state index < -0.39 is 0 Å². The molecule has 0 aliphatic carbocycles. The fraction of sp³-hybridized carbons (Fsp3) is 0.333. The Labute approximate surface area is 89.7 Å². The number of anilines is 1. The van der Waals surface area contributed by atoms with Gasteiger partial charge in [-0.15, -0.1) is 0 Å². The summed E-state index contributed by atoms with van der Waals surface area (Å²) in [5, 5.41) is 11.5. The molecular formula is C12H14N2O. The molecule has 3 nitrogen and oxygen atoms in total. The molecule has 0 bridgehead atoms. The van der Waals surface area contributed by atoms with Crippen molar-refractivity contribution in [3.05, 3.63) is 29.3 Å². The predicted molar refractivity (Wildman–Crippen MR) is 59.4 cm³/mol. The van der Waals surface area contributed by atoms with E-state index in [0.717, 1.165) is 11.3 Å². The summed E-state index contributed by atoms with van der Waals surface area (Å²) in [4.78, 5) is 11.4. The van der Waals surface area contributed by atoms with Gasteiger partial charge in [0.15, 0.2) is 0 Å². The van der Waals surface area contributed by atoms with Crippen LogP contribution in [0, 0.1) is 24.2 Å². The van der Waals surface area contributed by atoms with Crippen molar-refractivity contribution in [3.8, 4) is 6.07 Å². The van der Waals surface area contributed by atoms with E-state index >= 15 is 0 Å². The second-order valence-corrected chi connectivity index (χ2v) is 3.79. The van der Waals surface area contributed by atoms with Crippen LogP contribution < -0.4 is 5.32 Å². The lowest BCUT2D eigenvalue weighted by atomic mass is 10.1. The zero-order valence-corrected chi connectivity index (χ0v) is 9.16. The van der Waals surface area contributed by atoms with Crippen LogP contribution in [0.25, 0.3) is 0 Å². The molecule has 0 radical (unpaired) electrons. The van der Waals surface area contributed by atoms with Gasteiger partial charge in [0.2, 0.25) is 5.91 Å². The zero-order valence-electron chi connectivity index (χ0n) is 9.16. The first-order valence-electron chi connectivity index (χ1n) is 4.86. The summed E-state index contributed by atoms with van der Waals surface area (Å²) < 4.78 is 0. The van der Waals surface area contributed by atoms with Crippen molar-refractivity contribution >= 4 is 11.6 Å². The topological polar surface area (TPSA) is 52.9 Å². The van der Waals surface area contributed by atoms with Gasteiger partial charge < -0.3 is 5.32 Å². The molecular weight excluding hydrogens is 188 g/mol. The maximum atomic E-state index is 11.4. The maximum Gasteiger partial charge on any atom is 0.226 e. The lowest BCUT2D eigenvalue weighted by Gasteiger charge is -2.10. The fourth-order valence-corrected chi connectivity index (χ4v) is 1.15. The van der Waals surface area contributed by atoms with Gasteiger partial charge in [0.05, 0.1) is 11.6 Å². The minimum absolute atomic E-state index is 0.0113. The number of hydrogen-bond donors (Lipinski definition) is 1. The van der Waals surface area contributed by atoms with Gasteiger partial charge in [-0.1, -0.05) is 13.8 Å². The number of hydrogen-bond acceptors (Lipinski definition) is 2. The Bertz CT molecular complexity index is 416. The standard InChI is InChI=1S/C12H14N2O/c1-8(2)12(15)14-11-5-4-10(7-13)6-9(11)3/h4-6,8H,1-3H3,(H,14,15). The van der Waals surface area contributed by atoms with Gasteiger partial charge in [0.1, 0.15) is 0 Å². The number of amides is 1. The Morgan fingerprint density at radius 2 is 2.13 bits per heavy atom. The molecule has 1 N–H and O–H groups in total. The zero-order chi connectivity index (χ0) is 11.4. The van der Waals surface area contributed by atoms with Crippen molar-refractivity contribution in [2.75, 3.05) is 5.32 Å². The predicted octanol–water partition coefficient (Wildman–Crippen LogP) is 2.46. The fourth-order valence-electron chi connectivity index (χ4n) is 1.15. The van der Waals surface area contributed by atoms with Gasteiger partial charge in [-0.05, 0) is 30.7 Å². The quantitative estimate of drug-likeness (QED) is 0.800. The first-order chi connectivity index (χ1) is 7.04. The highest BCUT2D eigenvalue weighted by molar-refractivity contribution is 5.92. The Morgan fingerprint density at radius 1 is 1.47 bits per heavy atom. The second kappa shape index (κ2) is 4.61. The molecule has 0 unspecified atom stereocenters. The highest BCUT2D eigenvalue weighted by Gasteiger charge is 2.08.